The van der Waals surface area contributed by atoms with Gasteiger partial charge in [0.15, 0.2) is 0 Å². The normalized spacial score (nSPS) is 9.95. The van der Waals surface area contributed by atoms with Crippen LogP contribution >= 0.6 is 0 Å². The van der Waals surface area contributed by atoms with Crippen molar-refractivity contribution in [2.75, 3.05) is 25.2 Å². The number of benzene rings is 1. The number of primary amides is 1. The first kappa shape index (κ1) is 16.3. The molecule has 0 heterocycles. The van der Waals surface area contributed by atoms with Crippen molar-refractivity contribution in [2.45, 2.75) is 0 Å². The molecule has 10 nitrogen and oxygen atoms in total. The SMILES string of the molecule is NNc1cc(C(=O)NCCOCC(N)=O)ccc1[N+](=O)[O-]. The molecule has 0 unspecified atom stereocenters. The van der Waals surface area contributed by atoms with E-state index in [0.29, 0.717) is 0 Å². The molecule has 2 amide bonds. The van der Waals surface area contributed by atoms with Crippen molar-refractivity contribution in [3.63, 3.8) is 0 Å². The Kier molecular flexibility index (Phi) is 6.04. The zero-order valence-electron chi connectivity index (χ0n) is 11.0. The van der Waals surface area contributed by atoms with Gasteiger partial charge in [-0.3, -0.25) is 25.5 Å². The zero-order chi connectivity index (χ0) is 15.8. The van der Waals surface area contributed by atoms with Gasteiger partial charge in [0.05, 0.1) is 11.5 Å². The largest absolute Gasteiger partial charge is 0.370 e. The fourth-order valence-electron chi connectivity index (χ4n) is 1.46. The van der Waals surface area contributed by atoms with E-state index >= 15 is 0 Å². The minimum absolute atomic E-state index is 0.0256. The average molecular weight is 297 g/mol. The summed E-state index contributed by atoms with van der Waals surface area (Å²) in [7, 11) is 0. The molecule has 0 aromatic heterocycles. The van der Waals surface area contributed by atoms with Crippen molar-refractivity contribution in [3.8, 4) is 0 Å². The average Bonchev–Trinajstić information content (AvgIpc) is 2.45. The molecule has 0 aliphatic rings. The lowest BCUT2D eigenvalue weighted by atomic mass is 10.1. The minimum atomic E-state index is -0.617. The first-order valence-corrected chi connectivity index (χ1v) is 5.85. The van der Waals surface area contributed by atoms with Gasteiger partial charge in [0.1, 0.15) is 12.3 Å². The molecule has 0 aliphatic heterocycles. The summed E-state index contributed by atoms with van der Waals surface area (Å²) in [6.07, 6.45) is 0. The number of ether oxygens (including phenoxy) is 1. The summed E-state index contributed by atoms with van der Waals surface area (Å²) in [4.78, 5) is 32.3. The van der Waals surface area contributed by atoms with Crippen LogP contribution in [0, 0.1) is 10.1 Å². The number of nitrogens with two attached hydrogens (primary N) is 2. The van der Waals surface area contributed by atoms with Crippen molar-refractivity contribution in [1.82, 2.24) is 5.32 Å². The second kappa shape index (κ2) is 7.77. The van der Waals surface area contributed by atoms with Gasteiger partial charge in [0, 0.05) is 18.2 Å². The Bertz CT molecular complexity index is 548. The highest BCUT2D eigenvalue weighted by molar-refractivity contribution is 5.95. The third kappa shape index (κ3) is 5.04. The van der Waals surface area contributed by atoms with Gasteiger partial charge < -0.3 is 21.2 Å². The topological polar surface area (TPSA) is 163 Å². The monoisotopic (exact) mass is 297 g/mol. The molecule has 0 saturated carbocycles. The molecule has 0 saturated heterocycles. The summed E-state index contributed by atoms with van der Waals surface area (Å²) in [5.41, 5.74) is 7.02. The summed E-state index contributed by atoms with van der Waals surface area (Å²) < 4.78 is 4.87. The summed E-state index contributed by atoms with van der Waals surface area (Å²) in [6.45, 7) is 0.0484. The van der Waals surface area contributed by atoms with Crippen molar-refractivity contribution in [2.24, 2.45) is 11.6 Å². The first-order valence-electron chi connectivity index (χ1n) is 5.85. The van der Waals surface area contributed by atoms with Crippen molar-refractivity contribution < 1.29 is 19.2 Å². The van der Waals surface area contributed by atoms with E-state index in [2.05, 4.69) is 10.7 Å². The molecule has 0 radical (unpaired) electrons. The van der Waals surface area contributed by atoms with Gasteiger partial charge in [-0.2, -0.15) is 0 Å². The summed E-state index contributed by atoms with van der Waals surface area (Å²) >= 11 is 0. The van der Waals surface area contributed by atoms with Gasteiger partial charge in [-0.25, -0.2) is 0 Å². The second-order valence-corrected chi connectivity index (χ2v) is 3.91. The molecular formula is C11H15N5O5. The van der Waals surface area contributed by atoms with Crippen LogP contribution in [0.25, 0.3) is 0 Å². The maximum Gasteiger partial charge on any atom is 0.293 e. The molecule has 1 aromatic rings. The highest BCUT2D eigenvalue weighted by Gasteiger charge is 2.15. The number of hydrogen-bond donors (Lipinski definition) is 4. The van der Waals surface area contributed by atoms with Crippen LogP contribution in [0.1, 0.15) is 10.4 Å². The molecule has 0 bridgehead atoms. The van der Waals surface area contributed by atoms with E-state index in [-0.39, 0.29) is 36.7 Å². The summed E-state index contributed by atoms with van der Waals surface area (Å²) in [5.74, 6) is 4.12. The molecule has 0 spiro atoms. The van der Waals surface area contributed by atoms with E-state index in [1.165, 1.54) is 18.2 Å². The predicted molar refractivity (Wildman–Crippen MR) is 73.3 cm³/mol. The van der Waals surface area contributed by atoms with Crippen LogP contribution in [-0.4, -0.2) is 36.5 Å². The highest BCUT2D eigenvalue weighted by Crippen LogP contribution is 2.24. The number of nitro groups is 1. The lowest BCUT2D eigenvalue weighted by molar-refractivity contribution is -0.384. The second-order valence-electron chi connectivity index (χ2n) is 3.91. The van der Waals surface area contributed by atoms with Crippen LogP contribution in [0.3, 0.4) is 0 Å². The Morgan fingerprint density at radius 2 is 2.10 bits per heavy atom. The van der Waals surface area contributed by atoms with Crippen molar-refractivity contribution in [3.05, 3.63) is 33.9 Å². The summed E-state index contributed by atoms with van der Waals surface area (Å²) in [6, 6.07) is 3.74. The standard InChI is InChI=1S/C11H15N5O5/c12-10(17)6-21-4-3-14-11(18)7-1-2-9(16(19)20)8(5-7)15-13/h1-2,5,15H,3-4,6,13H2,(H2,12,17)(H,14,18). The molecule has 1 rings (SSSR count). The van der Waals surface area contributed by atoms with Gasteiger partial charge in [0.25, 0.3) is 11.6 Å². The summed E-state index contributed by atoms with van der Waals surface area (Å²) in [5, 5.41) is 13.2. The molecule has 1 aromatic carbocycles. The molecule has 0 aliphatic carbocycles. The molecule has 0 atom stereocenters. The highest BCUT2D eigenvalue weighted by atomic mass is 16.6. The molecule has 21 heavy (non-hydrogen) atoms. The number of anilines is 1. The van der Waals surface area contributed by atoms with Crippen LogP contribution in [0.4, 0.5) is 11.4 Å². The maximum absolute atomic E-state index is 11.8. The number of nitrogens with zero attached hydrogens (tertiary/aromatic N) is 1. The molecule has 114 valence electrons. The zero-order valence-corrected chi connectivity index (χ0v) is 11.0. The van der Waals surface area contributed by atoms with Crippen LogP contribution in [-0.2, 0) is 9.53 Å². The number of nitrogens with one attached hydrogen (secondary N) is 2. The van der Waals surface area contributed by atoms with Crippen molar-refractivity contribution in [1.29, 1.82) is 0 Å². The Balaban J connectivity index is 2.58. The number of hydrogen-bond acceptors (Lipinski definition) is 7. The van der Waals surface area contributed by atoms with Gasteiger partial charge in [-0.15, -0.1) is 0 Å². The molecular weight excluding hydrogens is 282 g/mol. The smallest absolute Gasteiger partial charge is 0.293 e. The quantitative estimate of drug-likeness (QED) is 0.209. The van der Waals surface area contributed by atoms with E-state index in [4.69, 9.17) is 16.3 Å². The third-order valence-electron chi connectivity index (χ3n) is 2.39. The number of nitrogen functional groups attached to an aromatic ring is 1. The maximum atomic E-state index is 11.8. The van der Waals surface area contributed by atoms with E-state index in [1.807, 2.05) is 0 Å². The lowest BCUT2D eigenvalue weighted by Crippen LogP contribution is -2.29. The predicted octanol–water partition coefficient (Wildman–Crippen LogP) is -0.888. The van der Waals surface area contributed by atoms with E-state index in [9.17, 15) is 19.7 Å². The van der Waals surface area contributed by atoms with Crippen molar-refractivity contribution >= 4 is 23.2 Å². The lowest BCUT2D eigenvalue weighted by Gasteiger charge is -2.07. The molecule has 0 fully saturated rings. The number of carbonyl (C=O) groups excluding carboxylic acids is 2. The van der Waals surface area contributed by atoms with Crippen LogP contribution in [0.2, 0.25) is 0 Å². The Labute approximate surface area is 119 Å². The van der Waals surface area contributed by atoms with Gasteiger partial charge in [0.2, 0.25) is 5.91 Å². The Hall–Kier alpha value is -2.72. The van der Waals surface area contributed by atoms with E-state index in [0.717, 1.165) is 0 Å². The van der Waals surface area contributed by atoms with Gasteiger partial charge in [-0.1, -0.05) is 0 Å². The molecule has 6 N–H and O–H groups in total. The Morgan fingerprint density at radius 1 is 1.38 bits per heavy atom. The van der Waals surface area contributed by atoms with Crippen LogP contribution in [0.5, 0.6) is 0 Å². The van der Waals surface area contributed by atoms with Crippen LogP contribution < -0.4 is 22.3 Å². The van der Waals surface area contributed by atoms with Crippen LogP contribution in [0.15, 0.2) is 18.2 Å². The fraction of sp³-hybridized carbons (Fsp3) is 0.273. The Morgan fingerprint density at radius 3 is 2.67 bits per heavy atom. The number of rotatable bonds is 8. The number of amides is 2. The molecule has 10 heteroatoms. The van der Waals surface area contributed by atoms with E-state index < -0.39 is 16.7 Å². The van der Waals surface area contributed by atoms with Gasteiger partial charge >= 0.3 is 0 Å². The number of hydrazine groups is 1. The third-order valence-corrected chi connectivity index (χ3v) is 2.39. The fourth-order valence-corrected chi connectivity index (χ4v) is 1.46. The van der Waals surface area contributed by atoms with E-state index in [1.54, 1.807) is 0 Å². The number of nitro benzene ring substituents is 1. The minimum Gasteiger partial charge on any atom is -0.370 e. The van der Waals surface area contributed by atoms with Gasteiger partial charge in [-0.05, 0) is 12.1 Å². The first-order chi connectivity index (χ1) is 9.95. The number of carbonyl (C=O) groups is 2.